The number of nitrogens with zero attached hydrogens (tertiary/aromatic N) is 1. The number of sulfonamides is 1. The molecule has 0 fully saturated rings. The molecule has 2 aromatic rings. The summed E-state index contributed by atoms with van der Waals surface area (Å²) in [5.41, 5.74) is 1.88. The number of rotatable bonds is 4. The van der Waals surface area contributed by atoms with Crippen LogP contribution in [0.3, 0.4) is 0 Å². The number of hydrogen-bond donors (Lipinski definition) is 2. The number of aromatic nitrogens is 1. The first-order chi connectivity index (χ1) is 9.38. The second-order valence-electron chi connectivity index (χ2n) is 4.33. The van der Waals surface area contributed by atoms with E-state index < -0.39 is 10.0 Å². The van der Waals surface area contributed by atoms with Crippen LogP contribution in [-0.4, -0.2) is 13.4 Å². The molecule has 2 rings (SSSR count). The van der Waals surface area contributed by atoms with Gasteiger partial charge in [-0.05, 0) is 58.7 Å². The van der Waals surface area contributed by atoms with E-state index in [1.165, 1.54) is 12.1 Å². The molecule has 0 spiro atoms. The van der Waals surface area contributed by atoms with Gasteiger partial charge in [-0.25, -0.2) is 13.6 Å². The van der Waals surface area contributed by atoms with Crippen molar-refractivity contribution < 1.29 is 8.42 Å². The lowest BCUT2D eigenvalue weighted by Gasteiger charge is -2.17. The van der Waals surface area contributed by atoms with Crippen LogP contribution in [0.4, 0.5) is 5.69 Å². The van der Waals surface area contributed by atoms with E-state index in [-0.39, 0.29) is 10.9 Å². The molecule has 5 nitrogen and oxygen atoms in total. The number of benzene rings is 1. The molecule has 0 bridgehead atoms. The van der Waals surface area contributed by atoms with Gasteiger partial charge in [-0.15, -0.1) is 0 Å². The minimum absolute atomic E-state index is 0.0645. The normalized spacial score (nSPS) is 12.9. The Morgan fingerprint density at radius 1 is 1.25 bits per heavy atom. The molecule has 20 heavy (non-hydrogen) atoms. The zero-order valence-electron chi connectivity index (χ0n) is 10.7. The molecule has 0 aliphatic carbocycles. The Labute approximate surface area is 126 Å². The Balaban J connectivity index is 2.23. The highest BCUT2D eigenvalue weighted by molar-refractivity contribution is 9.10. The van der Waals surface area contributed by atoms with E-state index in [9.17, 15) is 8.42 Å². The van der Waals surface area contributed by atoms with Gasteiger partial charge in [-0.3, -0.25) is 4.98 Å². The molecule has 1 unspecified atom stereocenters. The van der Waals surface area contributed by atoms with Crippen molar-refractivity contribution in [3.63, 3.8) is 0 Å². The third kappa shape index (κ3) is 3.56. The van der Waals surface area contributed by atoms with Crippen molar-refractivity contribution in [2.24, 2.45) is 5.14 Å². The first-order valence-electron chi connectivity index (χ1n) is 5.87. The van der Waals surface area contributed by atoms with Crippen molar-refractivity contribution in [1.29, 1.82) is 0 Å². The molecular weight excluding hydrogens is 342 g/mol. The Hall–Kier alpha value is -1.44. The average molecular weight is 356 g/mol. The van der Waals surface area contributed by atoms with Crippen molar-refractivity contribution in [3.05, 3.63) is 52.8 Å². The van der Waals surface area contributed by atoms with Crippen molar-refractivity contribution in [2.75, 3.05) is 5.32 Å². The van der Waals surface area contributed by atoms with Gasteiger partial charge in [-0.1, -0.05) is 0 Å². The molecule has 3 N–H and O–H groups in total. The summed E-state index contributed by atoms with van der Waals surface area (Å²) >= 11 is 3.35. The molecule has 0 amide bonds. The first-order valence-corrected chi connectivity index (χ1v) is 8.20. The monoisotopic (exact) mass is 355 g/mol. The Kier molecular flexibility index (Phi) is 4.42. The van der Waals surface area contributed by atoms with Crippen LogP contribution in [0, 0.1) is 0 Å². The van der Waals surface area contributed by atoms with Gasteiger partial charge < -0.3 is 5.32 Å². The van der Waals surface area contributed by atoms with E-state index in [1.807, 2.05) is 19.1 Å². The number of pyridine rings is 1. The summed E-state index contributed by atoms with van der Waals surface area (Å²) < 4.78 is 23.2. The van der Waals surface area contributed by atoms with E-state index in [2.05, 4.69) is 26.2 Å². The number of hydrogen-bond acceptors (Lipinski definition) is 4. The summed E-state index contributed by atoms with van der Waals surface area (Å²) in [6, 6.07) is 8.55. The summed E-state index contributed by atoms with van der Waals surface area (Å²) in [6.45, 7) is 2.01. The van der Waals surface area contributed by atoms with Crippen LogP contribution in [-0.2, 0) is 10.0 Å². The molecule has 0 aliphatic rings. The molecule has 0 saturated heterocycles. The lowest BCUT2D eigenvalue weighted by Crippen LogP contribution is -2.12. The van der Waals surface area contributed by atoms with Crippen LogP contribution in [0.2, 0.25) is 0 Å². The Bertz CT molecular complexity index is 705. The summed E-state index contributed by atoms with van der Waals surface area (Å²) in [5.74, 6) is 0. The maximum absolute atomic E-state index is 11.3. The Morgan fingerprint density at radius 2 is 1.90 bits per heavy atom. The van der Waals surface area contributed by atoms with Gasteiger partial charge >= 0.3 is 0 Å². The van der Waals surface area contributed by atoms with Crippen LogP contribution in [0.15, 0.2) is 52.1 Å². The van der Waals surface area contributed by atoms with Crippen molar-refractivity contribution in [2.45, 2.75) is 17.9 Å². The van der Waals surface area contributed by atoms with Crippen molar-refractivity contribution in [3.8, 4) is 0 Å². The average Bonchev–Trinajstić information content (AvgIpc) is 2.41. The molecule has 1 aromatic carbocycles. The molecule has 1 aromatic heterocycles. The van der Waals surface area contributed by atoms with Crippen molar-refractivity contribution >= 4 is 31.6 Å². The van der Waals surface area contributed by atoms with E-state index in [0.29, 0.717) is 4.47 Å². The van der Waals surface area contributed by atoms with Gasteiger partial charge in [0.2, 0.25) is 10.0 Å². The fourth-order valence-corrected chi connectivity index (χ4v) is 2.94. The molecule has 1 atom stereocenters. The molecular formula is C13H14BrN3O2S. The Morgan fingerprint density at radius 3 is 2.45 bits per heavy atom. The zero-order chi connectivity index (χ0) is 14.8. The van der Waals surface area contributed by atoms with Crippen LogP contribution < -0.4 is 10.5 Å². The number of halogens is 1. The molecule has 1 heterocycles. The second-order valence-corrected chi connectivity index (χ2v) is 6.75. The summed E-state index contributed by atoms with van der Waals surface area (Å²) in [6.07, 6.45) is 3.46. The first kappa shape index (κ1) is 15.0. The highest BCUT2D eigenvalue weighted by Gasteiger charge is 2.12. The van der Waals surface area contributed by atoms with Gasteiger partial charge in [0.05, 0.1) is 4.90 Å². The summed E-state index contributed by atoms with van der Waals surface area (Å²) in [4.78, 5) is 4.05. The minimum atomic E-state index is -3.69. The van der Waals surface area contributed by atoms with Gasteiger partial charge in [0, 0.05) is 28.6 Å². The van der Waals surface area contributed by atoms with Crippen LogP contribution in [0.5, 0.6) is 0 Å². The van der Waals surface area contributed by atoms with Crippen LogP contribution in [0.25, 0.3) is 0 Å². The lowest BCUT2D eigenvalue weighted by atomic mass is 10.1. The summed E-state index contributed by atoms with van der Waals surface area (Å²) in [5, 5.41) is 8.39. The molecule has 106 valence electrons. The predicted molar refractivity (Wildman–Crippen MR) is 81.8 cm³/mol. The number of nitrogens with one attached hydrogen (secondary N) is 1. The number of nitrogens with two attached hydrogens (primary N) is 1. The quantitative estimate of drug-likeness (QED) is 0.882. The minimum Gasteiger partial charge on any atom is -0.378 e. The maximum Gasteiger partial charge on any atom is 0.238 e. The van der Waals surface area contributed by atoms with Gasteiger partial charge in [0.15, 0.2) is 0 Å². The molecule has 0 saturated carbocycles. The molecule has 0 aliphatic heterocycles. The van der Waals surface area contributed by atoms with Gasteiger partial charge in [0.25, 0.3) is 0 Å². The number of primary sulfonamides is 1. The van der Waals surface area contributed by atoms with Gasteiger partial charge in [0.1, 0.15) is 0 Å². The molecule has 0 radical (unpaired) electrons. The smallest absolute Gasteiger partial charge is 0.238 e. The largest absolute Gasteiger partial charge is 0.378 e. The highest BCUT2D eigenvalue weighted by atomic mass is 79.9. The highest BCUT2D eigenvalue weighted by Crippen LogP contribution is 2.28. The van der Waals surface area contributed by atoms with E-state index in [1.54, 1.807) is 18.5 Å². The van der Waals surface area contributed by atoms with E-state index in [0.717, 1.165) is 11.3 Å². The van der Waals surface area contributed by atoms with E-state index in [4.69, 9.17) is 5.14 Å². The van der Waals surface area contributed by atoms with Crippen LogP contribution >= 0.6 is 15.9 Å². The topological polar surface area (TPSA) is 85.1 Å². The fourth-order valence-electron chi connectivity index (χ4n) is 1.76. The lowest BCUT2D eigenvalue weighted by molar-refractivity contribution is 0.598. The zero-order valence-corrected chi connectivity index (χ0v) is 13.1. The standard InChI is InChI=1S/C13H14BrN3O2S/c1-9(10-4-6-16-7-5-10)17-13-3-2-11(8-12(13)14)20(15,18)19/h2-9,17H,1H3,(H2,15,18,19). The maximum atomic E-state index is 11.3. The van der Waals surface area contributed by atoms with E-state index >= 15 is 0 Å². The third-order valence-electron chi connectivity index (χ3n) is 2.85. The predicted octanol–water partition coefficient (Wildman–Crippen LogP) is 2.66. The second kappa shape index (κ2) is 5.90. The van der Waals surface area contributed by atoms with Gasteiger partial charge in [-0.2, -0.15) is 0 Å². The third-order valence-corrected chi connectivity index (χ3v) is 4.41. The fraction of sp³-hybridized carbons (Fsp3) is 0.154. The SMILES string of the molecule is CC(Nc1ccc(S(N)(=O)=O)cc1Br)c1ccncc1. The molecule has 7 heteroatoms. The summed E-state index contributed by atoms with van der Waals surface area (Å²) in [7, 11) is -3.69. The number of anilines is 1. The van der Waals surface area contributed by atoms with Crippen LogP contribution in [0.1, 0.15) is 18.5 Å². The van der Waals surface area contributed by atoms with Crippen molar-refractivity contribution in [1.82, 2.24) is 4.98 Å².